The molecular weight excluding hydrogens is 295 g/mol. The van der Waals surface area contributed by atoms with Crippen LogP contribution in [-0.2, 0) is 17.8 Å². The van der Waals surface area contributed by atoms with Crippen LogP contribution in [-0.4, -0.2) is 47.5 Å². The van der Waals surface area contributed by atoms with Gasteiger partial charge >= 0.3 is 0 Å². The van der Waals surface area contributed by atoms with E-state index in [1.54, 1.807) is 26.2 Å². The van der Waals surface area contributed by atoms with Crippen LogP contribution in [0.1, 0.15) is 18.2 Å². The van der Waals surface area contributed by atoms with Crippen molar-refractivity contribution in [3.63, 3.8) is 0 Å². The first kappa shape index (κ1) is 17.7. The van der Waals surface area contributed by atoms with Gasteiger partial charge in [-0.2, -0.15) is 0 Å². The van der Waals surface area contributed by atoms with Gasteiger partial charge in [0.15, 0.2) is 0 Å². The fourth-order valence-electron chi connectivity index (χ4n) is 2.59. The zero-order valence-corrected chi connectivity index (χ0v) is 13.8. The second-order valence-electron chi connectivity index (χ2n) is 5.83. The number of aliphatic hydroxyl groups excluding tert-OH is 1. The molecule has 0 bridgehead atoms. The Balaban J connectivity index is 2.04. The molecular formula is C18H25FN2O2. The average Bonchev–Trinajstić information content (AvgIpc) is 2.93. The number of hydrogen-bond donors (Lipinski definition) is 1. The number of aromatic nitrogens is 1. The van der Waals surface area contributed by atoms with Crippen molar-refractivity contribution in [3.8, 4) is 0 Å². The molecule has 1 aromatic heterocycles. The molecule has 0 saturated carbocycles. The molecule has 0 saturated heterocycles. The molecule has 2 rings (SSSR count). The van der Waals surface area contributed by atoms with Gasteiger partial charge in [-0.05, 0) is 36.8 Å². The maximum absolute atomic E-state index is 13.0. The molecule has 0 aliphatic carbocycles. The normalized spacial score (nSPS) is 12.7. The summed E-state index contributed by atoms with van der Waals surface area (Å²) in [5.41, 5.74) is 2.22. The SMILES string of the molecule is COCCN(Cc1cccn1Cc1ccc(F)cc1)CC(C)O. The quantitative estimate of drug-likeness (QED) is 0.771. The lowest BCUT2D eigenvalue weighted by Gasteiger charge is -2.24. The van der Waals surface area contributed by atoms with Crippen LogP contribution in [0, 0.1) is 5.82 Å². The zero-order chi connectivity index (χ0) is 16.7. The third-order valence-electron chi connectivity index (χ3n) is 3.71. The summed E-state index contributed by atoms with van der Waals surface area (Å²) in [4.78, 5) is 2.17. The first-order valence-electron chi connectivity index (χ1n) is 7.86. The van der Waals surface area contributed by atoms with Crippen LogP contribution in [0.2, 0.25) is 0 Å². The molecule has 1 N–H and O–H groups in total. The number of benzene rings is 1. The monoisotopic (exact) mass is 320 g/mol. The van der Waals surface area contributed by atoms with Crippen molar-refractivity contribution in [2.24, 2.45) is 0 Å². The van der Waals surface area contributed by atoms with E-state index in [1.807, 2.05) is 12.3 Å². The fourth-order valence-corrected chi connectivity index (χ4v) is 2.59. The highest BCUT2D eigenvalue weighted by Crippen LogP contribution is 2.11. The Labute approximate surface area is 137 Å². The molecule has 2 aromatic rings. The van der Waals surface area contributed by atoms with E-state index in [4.69, 9.17) is 4.74 Å². The molecule has 0 spiro atoms. The Hall–Kier alpha value is -1.69. The van der Waals surface area contributed by atoms with Gasteiger partial charge in [-0.15, -0.1) is 0 Å². The lowest BCUT2D eigenvalue weighted by Crippen LogP contribution is -2.34. The van der Waals surface area contributed by atoms with Crippen LogP contribution in [0.4, 0.5) is 4.39 Å². The number of ether oxygens (including phenoxy) is 1. The van der Waals surface area contributed by atoms with E-state index < -0.39 is 0 Å². The van der Waals surface area contributed by atoms with E-state index in [2.05, 4.69) is 15.5 Å². The molecule has 1 heterocycles. The molecule has 0 aliphatic heterocycles. The van der Waals surface area contributed by atoms with Crippen LogP contribution in [0.3, 0.4) is 0 Å². The van der Waals surface area contributed by atoms with E-state index in [1.165, 1.54) is 12.1 Å². The summed E-state index contributed by atoms with van der Waals surface area (Å²) in [6.07, 6.45) is 1.64. The van der Waals surface area contributed by atoms with Crippen molar-refractivity contribution < 1.29 is 14.2 Å². The van der Waals surface area contributed by atoms with Gasteiger partial charge in [0.2, 0.25) is 0 Å². The van der Waals surface area contributed by atoms with Crippen molar-refractivity contribution in [2.45, 2.75) is 26.1 Å². The number of rotatable bonds is 9. The highest BCUT2D eigenvalue weighted by molar-refractivity contribution is 5.18. The number of nitrogens with zero attached hydrogens (tertiary/aromatic N) is 2. The van der Waals surface area contributed by atoms with Gasteiger partial charge in [0.05, 0.1) is 12.7 Å². The summed E-state index contributed by atoms with van der Waals surface area (Å²) in [5, 5.41) is 9.66. The van der Waals surface area contributed by atoms with Gasteiger partial charge in [0.25, 0.3) is 0 Å². The smallest absolute Gasteiger partial charge is 0.123 e. The Morgan fingerprint density at radius 1 is 1.26 bits per heavy atom. The van der Waals surface area contributed by atoms with Crippen molar-refractivity contribution in [2.75, 3.05) is 26.8 Å². The topological polar surface area (TPSA) is 37.6 Å². The second-order valence-corrected chi connectivity index (χ2v) is 5.83. The Bertz CT molecular complexity index is 581. The van der Waals surface area contributed by atoms with E-state index in [-0.39, 0.29) is 11.9 Å². The number of aliphatic hydroxyl groups is 1. The van der Waals surface area contributed by atoms with Crippen molar-refractivity contribution in [3.05, 3.63) is 59.7 Å². The van der Waals surface area contributed by atoms with Crippen LogP contribution in [0.25, 0.3) is 0 Å². The van der Waals surface area contributed by atoms with Crippen LogP contribution < -0.4 is 0 Å². The van der Waals surface area contributed by atoms with E-state index >= 15 is 0 Å². The molecule has 23 heavy (non-hydrogen) atoms. The lowest BCUT2D eigenvalue weighted by molar-refractivity contribution is 0.0926. The van der Waals surface area contributed by atoms with E-state index in [0.29, 0.717) is 19.7 Å². The lowest BCUT2D eigenvalue weighted by atomic mass is 10.2. The molecule has 1 unspecified atom stereocenters. The molecule has 0 fully saturated rings. The standard InChI is InChI=1S/C18H25FN2O2/c1-15(22)12-20(10-11-23-2)14-18-4-3-9-21(18)13-16-5-7-17(19)8-6-16/h3-9,15,22H,10-14H2,1-2H3. The van der Waals surface area contributed by atoms with E-state index in [9.17, 15) is 9.50 Å². The van der Waals surface area contributed by atoms with Crippen molar-refractivity contribution in [1.29, 1.82) is 0 Å². The number of hydrogen-bond acceptors (Lipinski definition) is 3. The summed E-state index contributed by atoms with van der Waals surface area (Å²) in [5.74, 6) is -0.218. The molecule has 5 heteroatoms. The number of methoxy groups -OCH3 is 1. The zero-order valence-electron chi connectivity index (χ0n) is 13.8. The van der Waals surface area contributed by atoms with Crippen LogP contribution >= 0.6 is 0 Å². The maximum atomic E-state index is 13.0. The predicted molar refractivity (Wildman–Crippen MR) is 88.8 cm³/mol. The van der Waals surface area contributed by atoms with Gasteiger partial charge in [0.1, 0.15) is 5.82 Å². The van der Waals surface area contributed by atoms with E-state index in [0.717, 1.165) is 24.3 Å². The van der Waals surface area contributed by atoms with Gasteiger partial charge < -0.3 is 14.4 Å². The molecule has 126 valence electrons. The molecule has 1 atom stereocenters. The van der Waals surface area contributed by atoms with Gasteiger partial charge in [-0.25, -0.2) is 4.39 Å². The minimum absolute atomic E-state index is 0.218. The highest BCUT2D eigenvalue weighted by atomic mass is 19.1. The predicted octanol–water partition coefficient (Wildman–Crippen LogP) is 2.50. The van der Waals surface area contributed by atoms with Gasteiger partial charge in [0, 0.05) is 45.2 Å². The summed E-state index contributed by atoms with van der Waals surface area (Å²) in [6, 6.07) is 10.7. The highest BCUT2D eigenvalue weighted by Gasteiger charge is 2.11. The molecule has 0 amide bonds. The maximum Gasteiger partial charge on any atom is 0.123 e. The molecule has 1 aromatic carbocycles. The first-order valence-corrected chi connectivity index (χ1v) is 7.86. The number of halogens is 1. The average molecular weight is 320 g/mol. The van der Waals surface area contributed by atoms with Gasteiger partial charge in [-0.3, -0.25) is 4.90 Å². The summed E-state index contributed by atoms with van der Waals surface area (Å²) >= 11 is 0. The Morgan fingerprint density at radius 2 is 2.00 bits per heavy atom. The minimum Gasteiger partial charge on any atom is -0.392 e. The minimum atomic E-state index is -0.382. The third kappa shape index (κ3) is 5.78. The van der Waals surface area contributed by atoms with Crippen LogP contribution in [0.15, 0.2) is 42.6 Å². The van der Waals surface area contributed by atoms with Crippen molar-refractivity contribution >= 4 is 0 Å². The van der Waals surface area contributed by atoms with Crippen LogP contribution in [0.5, 0.6) is 0 Å². The summed E-state index contributed by atoms with van der Waals surface area (Å²) in [6.45, 7) is 5.23. The summed E-state index contributed by atoms with van der Waals surface area (Å²) < 4.78 is 20.3. The molecule has 4 nitrogen and oxygen atoms in total. The third-order valence-corrected chi connectivity index (χ3v) is 3.71. The second kappa shape index (κ2) is 8.82. The Kier molecular flexibility index (Phi) is 6.77. The Morgan fingerprint density at radius 3 is 2.65 bits per heavy atom. The molecule has 0 aliphatic rings. The van der Waals surface area contributed by atoms with Crippen molar-refractivity contribution in [1.82, 2.24) is 9.47 Å². The summed E-state index contributed by atoms with van der Waals surface area (Å²) in [7, 11) is 1.68. The largest absolute Gasteiger partial charge is 0.392 e. The van der Waals surface area contributed by atoms with Gasteiger partial charge in [-0.1, -0.05) is 12.1 Å². The molecule has 0 radical (unpaired) electrons. The first-order chi connectivity index (χ1) is 11.1. The fraction of sp³-hybridized carbons (Fsp3) is 0.444.